The van der Waals surface area contributed by atoms with Crippen molar-refractivity contribution in [2.75, 3.05) is 13.2 Å². The van der Waals surface area contributed by atoms with E-state index in [1.165, 1.54) is 0 Å². The zero-order valence-electron chi connectivity index (χ0n) is 11.9. The molecule has 0 aliphatic rings. The third kappa shape index (κ3) is 5.17. The molecule has 0 heterocycles. The number of halogens is 3. The SMILES string of the molecule is OC[C@H](CCCOc1ccc(Br)cc1)c1ccc(Cl)cc1Cl. The van der Waals surface area contributed by atoms with Gasteiger partial charge in [-0.05, 0) is 54.8 Å². The first kappa shape index (κ1) is 17.6. The molecule has 0 aliphatic heterocycles. The Balaban J connectivity index is 1.84. The van der Waals surface area contributed by atoms with Crippen molar-refractivity contribution in [2.45, 2.75) is 18.8 Å². The highest BCUT2D eigenvalue weighted by Gasteiger charge is 2.14. The number of hydrogen-bond donors (Lipinski definition) is 1. The van der Waals surface area contributed by atoms with Crippen molar-refractivity contribution in [3.63, 3.8) is 0 Å². The molecule has 5 heteroatoms. The number of rotatable bonds is 7. The van der Waals surface area contributed by atoms with E-state index < -0.39 is 0 Å². The Morgan fingerprint density at radius 3 is 2.45 bits per heavy atom. The van der Waals surface area contributed by atoms with Crippen LogP contribution in [0.5, 0.6) is 5.75 Å². The lowest BCUT2D eigenvalue weighted by Gasteiger charge is -2.16. The van der Waals surface area contributed by atoms with Crippen LogP contribution >= 0.6 is 39.1 Å². The molecule has 0 saturated heterocycles. The van der Waals surface area contributed by atoms with Gasteiger partial charge in [0, 0.05) is 27.0 Å². The minimum Gasteiger partial charge on any atom is -0.494 e. The van der Waals surface area contributed by atoms with Crippen molar-refractivity contribution < 1.29 is 9.84 Å². The Bertz CT molecular complexity index is 602. The van der Waals surface area contributed by atoms with Gasteiger partial charge in [0.15, 0.2) is 0 Å². The molecule has 0 bridgehead atoms. The molecule has 2 rings (SSSR count). The summed E-state index contributed by atoms with van der Waals surface area (Å²) in [5.74, 6) is 0.839. The van der Waals surface area contributed by atoms with Crippen molar-refractivity contribution in [1.29, 1.82) is 0 Å². The lowest BCUT2D eigenvalue weighted by Crippen LogP contribution is -2.07. The number of aliphatic hydroxyl groups is 1. The fourth-order valence-corrected chi connectivity index (χ4v) is 3.06. The average Bonchev–Trinajstić information content (AvgIpc) is 2.50. The van der Waals surface area contributed by atoms with Crippen LogP contribution in [0.1, 0.15) is 24.3 Å². The Labute approximate surface area is 149 Å². The number of aliphatic hydroxyl groups excluding tert-OH is 1. The molecule has 1 atom stereocenters. The van der Waals surface area contributed by atoms with Gasteiger partial charge in [-0.3, -0.25) is 0 Å². The van der Waals surface area contributed by atoms with Gasteiger partial charge in [0.05, 0.1) is 6.61 Å². The second-order valence-corrected chi connectivity index (χ2v) is 6.75. The number of hydrogen-bond acceptors (Lipinski definition) is 2. The molecule has 0 amide bonds. The summed E-state index contributed by atoms with van der Waals surface area (Å²) in [6.07, 6.45) is 1.63. The van der Waals surface area contributed by atoms with Crippen molar-refractivity contribution in [3.05, 3.63) is 62.5 Å². The minimum absolute atomic E-state index is 0.00159. The van der Waals surface area contributed by atoms with Crippen molar-refractivity contribution in [3.8, 4) is 5.75 Å². The van der Waals surface area contributed by atoms with Crippen LogP contribution in [-0.4, -0.2) is 18.3 Å². The molecule has 2 nitrogen and oxygen atoms in total. The topological polar surface area (TPSA) is 29.5 Å². The normalized spacial score (nSPS) is 12.2. The van der Waals surface area contributed by atoms with Crippen LogP contribution in [0, 0.1) is 0 Å². The van der Waals surface area contributed by atoms with Crippen molar-refractivity contribution >= 4 is 39.1 Å². The zero-order valence-corrected chi connectivity index (χ0v) is 15.0. The maximum absolute atomic E-state index is 9.58. The molecule has 22 heavy (non-hydrogen) atoms. The highest BCUT2D eigenvalue weighted by Crippen LogP contribution is 2.30. The molecule has 2 aromatic carbocycles. The van der Waals surface area contributed by atoms with Gasteiger partial charge in [-0.1, -0.05) is 45.2 Å². The highest BCUT2D eigenvalue weighted by atomic mass is 79.9. The van der Waals surface area contributed by atoms with Crippen LogP contribution in [0.15, 0.2) is 46.9 Å². The van der Waals surface area contributed by atoms with Gasteiger partial charge in [0.25, 0.3) is 0 Å². The first-order valence-electron chi connectivity index (χ1n) is 7.04. The van der Waals surface area contributed by atoms with Crippen LogP contribution in [0.3, 0.4) is 0 Å². The maximum Gasteiger partial charge on any atom is 0.119 e. The Morgan fingerprint density at radius 2 is 1.82 bits per heavy atom. The van der Waals surface area contributed by atoms with E-state index in [2.05, 4.69) is 15.9 Å². The lowest BCUT2D eigenvalue weighted by atomic mass is 9.95. The van der Waals surface area contributed by atoms with Crippen LogP contribution in [0.2, 0.25) is 10.0 Å². The molecule has 118 valence electrons. The maximum atomic E-state index is 9.58. The quantitative estimate of drug-likeness (QED) is 0.601. The fourth-order valence-electron chi connectivity index (χ4n) is 2.23. The van der Waals surface area contributed by atoms with Crippen LogP contribution in [0.25, 0.3) is 0 Å². The van der Waals surface area contributed by atoms with Gasteiger partial charge in [0.1, 0.15) is 5.75 Å². The smallest absolute Gasteiger partial charge is 0.119 e. The molecule has 0 spiro atoms. The lowest BCUT2D eigenvalue weighted by molar-refractivity contribution is 0.243. The summed E-state index contributed by atoms with van der Waals surface area (Å²) in [4.78, 5) is 0. The minimum atomic E-state index is -0.00159. The summed E-state index contributed by atoms with van der Waals surface area (Å²) in [6, 6.07) is 13.1. The fraction of sp³-hybridized carbons (Fsp3) is 0.294. The molecule has 0 fully saturated rings. The molecule has 1 N–H and O–H groups in total. The van der Waals surface area contributed by atoms with Crippen molar-refractivity contribution in [2.24, 2.45) is 0 Å². The summed E-state index contributed by atoms with van der Waals surface area (Å²) in [5.41, 5.74) is 0.928. The number of benzene rings is 2. The summed E-state index contributed by atoms with van der Waals surface area (Å²) in [7, 11) is 0. The predicted molar refractivity (Wildman–Crippen MR) is 95.2 cm³/mol. The average molecular weight is 404 g/mol. The van der Waals surface area contributed by atoms with E-state index in [4.69, 9.17) is 27.9 Å². The standard InChI is InChI=1S/C17H17BrCl2O2/c18-13-3-6-15(7-4-13)22-9-1-2-12(11-21)16-8-5-14(19)10-17(16)20/h3-8,10,12,21H,1-2,9,11H2/t12-/m0/s1. The predicted octanol–water partition coefficient (Wildman–Crippen LogP) is 5.69. The van der Waals surface area contributed by atoms with Crippen LogP contribution in [-0.2, 0) is 0 Å². The Morgan fingerprint density at radius 1 is 1.09 bits per heavy atom. The van der Waals surface area contributed by atoms with E-state index in [1.54, 1.807) is 12.1 Å². The monoisotopic (exact) mass is 402 g/mol. The molecule has 0 aromatic heterocycles. The van der Waals surface area contributed by atoms with Crippen molar-refractivity contribution in [1.82, 2.24) is 0 Å². The van der Waals surface area contributed by atoms with E-state index in [9.17, 15) is 5.11 Å². The Kier molecular flexibility index (Phi) is 7.03. The second-order valence-electron chi connectivity index (χ2n) is 4.99. The Hall–Kier alpha value is -0.740. The third-order valence-corrected chi connectivity index (χ3v) is 4.49. The third-order valence-electron chi connectivity index (χ3n) is 3.40. The molecule has 0 saturated carbocycles. The molecule has 0 unspecified atom stereocenters. The van der Waals surface area contributed by atoms with E-state index in [1.807, 2.05) is 30.3 Å². The van der Waals surface area contributed by atoms with Gasteiger partial charge < -0.3 is 9.84 Å². The summed E-state index contributed by atoms with van der Waals surface area (Å²) < 4.78 is 6.71. The van der Waals surface area contributed by atoms with Gasteiger partial charge in [-0.25, -0.2) is 0 Å². The van der Waals surface area contributed by atoms with E-state index in [0.29, 0.717) is 16.7 Å². The highest BCUT2D eigenvalue weighted by molar-refractivity contribution is 9.10. The van der Waals surface area contributed by atoms with Gasteiger partial charge in [-0.15, -0.1) is 0 Å². The van der Waals surface area contributed by atoms with E-state index in [0.717, 1.165) is 28.6 Å². The molecule has 2 aromatic rings. The van der Waals surface area contributed by atoms with E-state index >= 15 is 0 Å². The first-order chi connectivity index (χ1) is 10.6. The molecule has 0 radical (unpaired) electrons. The second kappa shape index (κ2) is 8.78. The van der Waals surface area contributed by atoms with Gasteiger partial charge in [0.2, 0.25) is 0 Å². The summed E-state index contributed by atoms with van der Waals surface area (Å²) >= 11 is 15.5. The van der Waals surface area contributed by atoms with Gasteiger partial charge in [-0.2, -0.15) is 0 Å². The molecular formula is C17H17BrCl2O2. The summed E-state index contributed by atoms with van der Waals surface area (Å²) in [6.45, 7) is 0.656. The van der Waals surface area contributed by atoms with Crippen LogP contribution in [0.4, 0.5) is 0 Å². The van der Waals surface area contributed by atoms with Gasteiger partial charge >= 0.3 is 0 Å². The molecular weight excluding hydrogens is 387 g/mol. The zero-order chi connectivity index (χ0) is 15.9. The van der Waals surface area contributed by atoms with Crippen LogP contribution < -0.4 is 4.74 Å². The van der Waals surface area contributed by atoms with E-state index in [-0.39, 0.29) is 12.5 Å². The largest absolute Gasteiger partial charge is 0.494 e. The molecule has 0 aliphatic carbocycles. The number of ether oxygens (including phenoxy) is 1. The first-order valence-corrected chi connectivity index (χ1v) is 8.59. The summed E-state index contributed by atoms with van der Waals surface area (Å²) in [5, 5.41) is 10.8.